The van der Waals surface area contributed by atoms with Gasteiger partial charge in [0.1, 0.15) is 0 Å². The van der Waals surface area contributed by atoms with Crippen molar-refractivity contribution >= 4 is 24.9 Å². The molecular formula is C14H34O3PSi2+. The molecule has 20 heavy (non-hydrogen) atoms. The van der Waals surface area contributed by atoms with Crippen LogP contribution in [0.25, 0.3) is 0 Å². The SMILES string of the molecule is CCC[Si](C)(CCC)O[P+](=O)O[Si](C)(CCC)CCC. The van der Waals surface area contributed by atoms with Crippen LogP contribution in [0.5, 0.6) is 0 Å². The summed E-state index contributed by atoms with van der Waals surface area (Å²) in [4.78, 5) is 0. The van der Waals surface area contributed by atoms with Crippen molar-refractivity contribution in [2.45, 2.75) is 90.6 Å². The van der Waals surface area contributed by atoms with Crippen LogP contribution in [0, 0.1) is 0 Å². The van der Waals surface area contributed by atoms with E-state index in [4.69, 9.17) is 8.43 Å². The topological polar surface area (TPSA) is 35.5 Å². The molecule has 0 aromatic heterocycles. The van der Waals surface area contributed by atoms with E-state index in [-0.39, 0.29) is 0 Å². The van der Waals surface area contributed by atoms with Crippen LogP contribution in [0.3, 0.4) is 0 Å². The summed E-state index contributed by atoms with van der Waals surface area (Å²) in [6, 6.07) is 4.30. The Balaban J connectivity index is 4.63. The van der Waals surface area contributed by atoms with Gasteiger partial charge in [-0.1, -0.05) is 53.4 Å². The summed E-state index contributed by atoms with van der Waals surface area (Å²) in [6.07, 6.45) is 4.41. The van der Waals surface area contributed by atoms with E-state index >= 15 is 0 Å². The fraction of sp³-hybridized carbons (Fsp3) is 1.00. The molecule has 0 fully saturated rings. The highest BCUT2D eigenvalue weighted by atomic mass is 31.1. The van der Waals surface area contributed by atoms with E-state index in [0.717, 1.165) is 49.9 Å². The highest BCUT2D eigenvalue weighted by molar-refractivity contribution is 7.38. The maximum Gasteiger partial charge on any atom is 0.673 e. The van der Waals surface area contributed by atoms with Gasteiger partial charge < -0.3 is 0 Å². The summed E-state index contributed by atoms with van der Waals surface area (Å²) < 4.78 is 24.3. The minimum absolute atomic E-state index is 1.07. The lowest BCUT2D eigenvalue weighted by Crippen LogP contribution is -2.35. The van der Waals surface area contributed by atoms with Gasteiger partial charge in [0.2, 0.25) is 0 Å². The predicted molar refractivity (Wildman–Crippen MR) is 93.4 cm³/mol. The normalized spacial score (nSPS) is 12.7. The van der Waals surface area contributed by atoms with Crippen molar-refractivity contribution in [2.24, 2.45) is 0 Å². The molecule has 0 radical (unpaired) electrons. The molecule has 0 aliphatic rings. The van der Waals surface area contributed by atoms with Crippen molar-refractivity contribution in [3.63, 3.8) is 0 Å². The van der Waals surface area contributed by atoms with Crippen LogP contribution in [0.4, 0.5) is 0 Å². The molecule has 0 aromatic rings. The molecule has 0 heterocycles. The van der Waals surface area contributed by atoms with Gasteiger partial charge in [0, 0.05) is 4.57 Å². The van der Waals surface area contributed by atoms with Gasteiger partial charge in [-0.15, -0.1) is 0 Å². The first-order valence-corrected chi connectivity index (χ1v) is 14.9. The van der Waals surface area contributed by atoms with Crippen molar-refractivity contribution in [1.82, 2.24) is 0 Å². The second-order valence-corrected chi connectivity index (χ2v) is 16.0. The van der Waals surface area contributed by atoms with Crippen molar-refractivity contribution < 1.29 is 13.0 Å². The van der Waals surface area contributed by atoms with Crippen molar-refractivity contribution in [3.05, 3.63) is 0 Å². The molecule has 3 nitrogen and oxygen atoms in total. The van der Waals surface area contributed by atoms with Gasteiger partial charge in [-0.3, -0.25) is 0 Å². The molecule has 0 aliphatic heterocycles. The van der Waals surface area contributed by atoms with Crippen LogP contribution >= 0.6 is 8.25 Å². The molecule has 6 heteroatoms. The Hall–Kier alpha value is 0.454. The Labute approximate surface area is 129 Å². The summed E-state index contributed by atoms with van der Waals surface area (Å²) >= 11 is 0. The van der Waals surface area contributed by atoms with E-state index < -0.39 is 24.9 Å². The first kappa shape index (κ1) is 20.5. The highest BCUT2D eigenvalue weighted by Crippen LogP contribution is 2.39. The van der Waals surface area contributed by atoms with E-state index in [2.05, 4.69) is 40.8 Å². The summed E-state index contributed by atoms with van der Waals surface area (Å²) in [5.74, 6) is 0. The minimum Gasteiger partial charge on any atom is -0.176 e. The van der Waals surface area contributed by atoms with Gasteiger partial charge in [-0.25, -0.2) is 0 Å². The number of rotatable bonds is 12. The number of hydrogen-bond acceptors (Lipinski definition) is 3. The highest BCUT2D eigenvalue weighted by Gasteiger charge is 2.44. The molecule has 0 spiro atoms. The van der Waals surface area contributed by atoms with E-state index in [1.165, 1.54) is 0 Å². The Morgan fingerprint density at radius 2 is 0.950 bits per heavy atom. The van der Waals surface area contributed by atoms with Crippen LogP contribution in [-0.4, -0.2) is 16.6 Å². The smallest absolute Gasteiger partial charge is 0.176 e. The quantitative estimate of drug-likeness (QED) is 0.302. The molecule has 0 unspecified atom stereocenters. The lowest BCUT2D eigenvalue weighted by molar-refractivity contribution is 0.401. The Morgan fingerprint density at radius 1 is 0.700 bits per heavy atom. The third-order valence-electron chi connectivity index (χ3n) is 3.71. The molecular weight excluding hydrogens is 303 g/mol. The van der Waals surface area contributed by atoms with Gasteiger partial charge in [0.05, 0.1) is 0 Å². The first-order valence-electron chi connectivity index (χ1n) is 8.20. The summed E-state index contributed by atoms with van der Waals surface area (Å²) in [5.41, 5.74) is 0. The minimum atomic E-state index is -1.93. The van der Waals surface area contributed by atoms with Crippen LogP contribution < -0.4 is 0 Å². The molecule has 0 N–H and O–H groups in total. The van der Waals surface area contributed by atoms with E-state index in [9.17, 15) is 4.57 Å². The van der Waals surface area contributed by atoms with Gasteiger partial charge in [-0.05, 0) is 37.3 Å². The van der Waals surface area contributed by atoms with E-state index in [0.29, 0.717) is 0 Å². The molecule has 0 aliphatic carbocycles. The average Bonchev–Trinajstić information content (AvgIpc) is 2.28. The zero-order chi connectivity index (χ0) is 15.6. The molecule has 0 amide bonds. The summed E-state index contributed by atoms with van der Waals surface area (Å²) in [6.45, 7) is 13.1. The molecule has 0 bridgehead atoms. The standard InChI is InChI=1S/C14H34O3PSi2/c1-7-11-19(5,12-8-2)16-18(15)17-20(6,13-9-3)14-10-4/h7-14H2,1-6H3/q+1. The zero-order valence-corrected chi connectivity index (χ0v) is 17.2. The van der Waals surface area contributed by atoms with Crippen LogP contribution in [0.15, 0.2) is 0 Å². The maximum absolute atomic E-state index is 12.3. The zero-order valence-electron chi connectivity index (χ0n) is 14.3. The average molecular weight is 338 g/mol. The number of hydrogen-bond donors (Lipinski definition) is 0. The van der Waals surface area contributed by atoms with Crippen molar-refractivity contribution in [3.8, 4) is 0 Å². The van der Waals surface area contributed by atoms with Crippen molar-refractivity contribution in [2.75, 3.05) is 0 Å². The second-order valence-electron chi connectivity index (χ2n) is 6.31. The second kappa shape index (κ2) is 10.2. The molecule has 0 rings (SSSR count). The summed E-state index contributed by atoms with van der Waals surface area (Å²) in [5, 5.41) is 0. The molecule has 120 valence electrons. The third kappa shape index (κ3) is 8.03. The molecule has 0 atom stereocenters. The third-order valence-corrected chi connectivity index (χ3v) is 14.7. The summed E-state index contributed by atoms with van der Waals surface area (Å²) in [7, 11) is -5.62. The molecule has 0 saturated heterocycles. The van der Waals surface area contributed by atoms with E-state index in [1.54, 1.807) is 0 Å². The fourth-order valence-electron chi connectivity index (χ4n) is 2.93. The van der Waals surface area contributed by atoms with Gasteiger partial charge in [-0.2, -0.15) is 8.43 Å². The predicted octanol–water partition coefficient (Wildman–Crippen LogP) is 6.47. The molecule has 0 aromatic carbocycles. The van der Waals surface area contributed by atoms with Crippen LogP contribution in [-0.2, 0) is 13.0 Å². The largest absolute Gasteiger partial charge is 0.673 e. The van der Waals surface area contributed by atoms with Gasteiger partial charge in [0.25, 0.3) is 16.6 Å². The van der Waals surface area contributed by atoms with Gasteiger partial charge >= 0.3 is 8.25 Å². The van der Waals surface area contributed by atoms with E-state index in [1.807, 2.05) is 0 Å². The lowest BCUT2D eigenvalue weighted by Gasteiger charge is -2.22. The van der Waals surface area contributed by atoms with Crippen LogP contribution in [0.2, 0.25) is 37.3 Å². The Morgan fingerprint density at radius 3 is 1.15 bits per heavy atom. The lowest BCUT2D eigenvalue weighted by atomic mass is 10.6. The van der Waals surface area contributed by atoms with Gasteiger partial charge in [0.15, 0.2) is 0 Å². The monoisotopic (exact) mass is 337 g/mol. The van der Waals surface area contributed by atoms with Crippen molar-refractivity contribution in [1.29, 1.82) is 0 Å². The Kier molecular flexibility index (Phi) is 10.5. The Bertz CT molecular complexity index is 250. The first-order chi connectivity index (χ1) is 9.34. The fourth-order valence-corrected chi connectivity index (χ4v) is 12.5. The maximum atomic E-state index is 12.3. The molecule has 0 saturated carbocycles. The van der Waals surface area contributed by atoms with Crippen LogP contribution in [0.1, 0.15) is 53.4 Å².